The van der Waals surface area contributed by atoms with E-state index >= 15 is 0 Å². The molecule has 0 aliphatic rings. The Morgan fingerprint density at radius 2 is 2.22 bits per heavy atom. The number of nitrogens with zero attached hydrogens (tertiary/aromatic N) is 2. The molecule has 118 valence electrons. The molecular formula is C16H16N4O2S. The number of rotatable bonds is 4. The van der Waals surface area contributed by atoms with E-state index in [4.69, 9.17) is 0 Å². The fourth-order valence-corrected chi connectivity index (χ4v) is 3.11. The first-order valence-electron chi connectivity index (χ1n) is 7.11. The van der Waals surface area contributed by atoms with Crippen LogP contribution in [0.4, 0.5) is 5.69 Å². The molecule has 2 aromatic heterocycles. The van der Waals surface area contributed by atoms with Gasteiger partial charge in [0.2, 0.25) is 0 Å². The molecule has 0 aliphatic carbocycles. The molecule has 3 rings (SSSR count). The van der Waals surface area contributed by atoms with Crippen molar-refractivity contribution in [3.05, 3.63) is 63.0 Å². The van der Waals surface area contributed by atoms with E-state index in [0.717, 1.165) is 11.3 Å². The minimum Gasteiger partial charge on any atom is -0.379 e. The summed E-state index contributed by atoms with van der Waals surface area (Å²) in [4.78, 5) is 28.9. The number of nitrogens with one attached hydrogen (secondary N) is 2. The third-order valence-electron chi connectivity index (χ3n) is 3.62. The Hall–Kier alpha value is -2.67. The fraction of sp³-hybridized carbons (Fsp3) is 0.188. The van der Waals surface area contributed by atoms with Gasteiger partial charge in [0.25, 0.3) is 11.5 Å². The van der Waals surface area contributed by atoms with Gasteiger partial charge in [-0.05, 0) is 24.6 Å². The van der Waals surface area contributed by atoms with Crippen molar-refractivity contribution >= 4 is 27.9 Å². The summed E-state index contributed by atoms with van der Waals surface area (Å²) < 4.78 is 1.52. The van der Waals surface area contributed by atoms with E-state index in [-0.39, 0.29) is 11.5 Å². The van der Waals surface area contributed by atoms with Gasteiger partial charge in [-0.2, -0.15) is 0 Å². The maximum atomic E-state index is 12.0. The van der Waals surface area contributed by atoms with Crippen LogP contribution in [0.2, 0.25) is 0 Å². The van der Waals surface area contributed by atoms with Crippen molar-refractivity contribution in [2.24, 2.45) is 0 Å². The number of hydrogen-bond acceptors (Lipinski definition) is 5. The molecule has 2 N–H and O–H groups in total. The molecule has 0 spiro atoms. The van der Waals surface area contributed by atoms with Crippen molar-refractivity contribution in [1.82, 2.24) is 14.7 Å². The topological polar surface area (TPSA) is 75.5 Å². The van der Waals surface area contributed by atoms with Gasteiger partial charge in [-0.15, -0.1) is 11.3 Å². The maximum Gasteiger partial charge on any atom is 0.258 e. The van der Waals surface area contributed by atoms with Crippen LogP contribution in [0.1, 0.15) is 21.6 Å². The van der Waals surface area contributed by atoms with E-state index in [1.54, 1.807) is 19.3 Å². The second-order valence-corrected chi connectivity index (χ2v) is 5.93. The van der Waals surface area contributed by atoms with E-state index in [9.17, 15) is 9.59 Å². The molecule has 0 atom stereocenters. The number of thiazole rings is 1. The lowest BCUT2D eigenvalue weighted by Crippen LogP contribution is -2.19. The van der Waals surface area contributed by atoms with E-state index in [0.29, 0.717) is 22.8 Å². The maximum absolute atomic E-state index is 12.0. The van der Waals surface area contributed by atoms with E-state index < -0.39 is 0 Å². The van der Waals surface area contributed by atoms with E-state index in [1.165, 1.54) is 21.8 Å². The number of aromatic nitrogens is 2. The molecule has 0 radical (unpaired) electrons. The van der Waals surface area contributed by atoms with Gasteiger partial charge < -0.3 is 10.6 Å². The summed E-state index contributed by atoms with van der Waals surface area (Å²) in [5.41, 5.74) is 2.91. The number of amides is 1. The largest absolute Gasteiger partial charge is 0.379 e. The number of anilines is 1. The van der Waals surface area contributed by atoms with Gasteiger partial charge in [0, 0.05) is 35.9 Å². The molecule has 1 amide bonds. The van der Waals surface area contributed by atoms with Gasteiger partial charge in [-0.1, -0.05) is 6.07 Å². The number of benzene rings is 1. The normalized spacial score (nSPS) is 10.7. The van der Waals surface area contributed by atoms with Gasteiger partial charge >= 0.3 is 0 Å². The minimum atomic E-state index is -0.123. The Balaban J connectivity index is 1.85. The zero-order valence-corrected chi connectivity index (χ0v) is 13.6. The highest BCUT2D eigenvalue weighted by Crippen LogP contribution is 2.19. The quantitative estimate of drug-likeness (QED) is 0.768. The molecular weight excluding hydrogens is 312 g/mol. The highest BCUT2D eigenvalue weighted by atomic mass is 32.1. The summed E-state index contributed by atoms with van der Waals surface area (Å²) in [6.45, 7) is 2.30. The summed E-state index contributed by atoms with van der Waals surface area (Å²) in [7, 11) is 1.61. The standard InChI is InChI=1S/C16H16N4O2S/c1-10-12(15(22)17-2)4-3-5-13(10)18-9-11-8-14(21)20-6-7-23-16(20)19-11/h3-8,18H,9H2,1-2H3,(H,17,22). The molecule has 23 heavy (non-hydrogen) atoms. The molecule has 0 bridgehead atoms. The summed E-state index contributed by atoms with van der Waals surface area (Å²) in [6.07, 6.45) is 1.71. The molecule has 2 heterocycles. The van der Waals surface area contributed by atoms with Crippen LogP contribution in [0.25, 0.3) is 4.96 Å². The summed E-state index contributed by atoms with van der Waals surface area (Å²) in [6, 6.07) is 7.02. The molecule has 3 aromatic rings. The number of fused-ring (bicyclic) bond motifs is 1. The van der Waals surface area contributed by atoms with Crippen molar-refractivity contribution in [2.75, 3.05) is 12.4 Å². The predicted octanol–water partition coefficient (Wildman–Crippen LogP) is 2.04. The Labute approximate surface area is 136 Å². The summed E-state index contributed by atoms with van der Waals surface area (Å²) in [5, 5.41) is 7.70. The average Bonchev–Trinajstić information content (AvgIpc) is 3.02. The van der Waals surface area contributed by atoms with Crippen LogP contribution in [0.5, 0.6) is 0 Å². The number of carbonyl (C=O) groups is 1. The van der Waals surface area contributed by atoms with Crippen LogP contribution in [0, 0.1) is 6.92 Å². The minimum absolute atomic E-state index is 0.0936. The second-order valence-electron chi connectivity index (χ2n) is 5.05. The zero-order valence-electron chi connectivity index (χ0n) is 12.8. The van der Waals surface area contributed by atoms with E-state index in [2.05, 4.69) is 15.6 Å². The van der Waals surface area contributed by atoms with Crippen LogP contribution in [-0.2, 0) is 6.54 Å². The van der Waals surface area contributed by atoms with Gasteiger partial charge in [-0.25, -0.2) is 4.98 Å². The Kier molecular flexibility index (Phi) is 4.12. The molecule has 0 aliphatic heterocycles. The molecule has 6 nitrogen and oxygen atoms in total. The summed E-state index contributed by atoms with van der Waals surface area (Å²) in [5.74, 6) is -0.123. The lowest BCUT2D eigenvalue weighted by atomic mass is 10.1. The Morgan fingerprint density at radius 1 is 1.39 bits per heavy atom. The first kappa shape index (κ1) is 15.2. The van der Waals surface area contributed by atoms with Crippen molar-refractivity contribution < 1.29 is 4.79 Å². The number of carbonyl (C=O) groups excluding carboxylic acids is 1. The average molecular weight is 328 g/mol. The summed E-state index contributed by atoms with van der Waals surface area (Å²) >= 11 is 1.42. The Morgan fingerprint density at radius 3 is 3.00 bits per heavy atom. The van der Waals surface area contributed by atoms with Crippen LogP contribution < -0.4 is 16.2 Å². The zero-order chi connectivity index (χ0) is 16.4. The van der Waals surface area contributed by atoms with Crippen molar-refractivity contribution in [3.63, 3.8) is 0 Å². The smallest absolute Gasteiger partial charge is 0.258 e. The molecule has 0 unspecified atom stereocenters. The molecule has 0 saturated carbocycles. The van der Waals surface area contributed by atoms with E-state index in [1.807, 2.05) is 24.4 Å². The van der Waals surface area contributed by atoms with Crippen LogP contribution in [0.3, 0.4) is 0 Å². The van der Waals surface area contributed by atoms with Gasteiger partial charge in [0.1, 0.15) is 0 Å². The second kappa shape index (κ2) is 6.21. The molecule has 1 aromatic carbocycles. The third-order valence-corrected chi connectivity index (χ3v) is 4.38. The van der Waals surface area contributed by atoms with Gasteiger partial charge in [0.05, 0.1) is 12.2 Å². The van der Waals surface area contributed by atoms with Crippen molar-refractivity contribution in [3.8, 4) is 0 Å². The van der Waals surface area contributed by atoms with Crippen LogP contribution in [-0.4, -0.2) is 22.3 Å². The highest BCUT2D eigenvalue weighted by molar-refractivity contribution is 7.15. The fourth-order valence-electron chi connectivity index (χ4n) is 2.37. The van der Waals surface area contributed by atoms with Crippen LogP contribution in [0.15, 0.2) is 40.6 Å². The third kappa shape index (κ3) is 2.95. The molecule has 0 fully saturated rings. The van der Waals surface area contributed by atoms with Gasteiger partial charge in [0.15, 0.2) is 4.96 Å². The first-order chi connectivity index (χ1) is 11.1. The van der Waals surface area contributed by atoms with Crippen molar-refractivity contribution in [2.45, 2.75) is 13.5 Å². The van der Waals surface area contributed by atoms with Gasteiger partial charge in [-0.3, -0.25) is 14.0 Å². The number of hydrogen-bond donors (Lipinski definition) is 2. The molecule has 7 heteroatoms. The van der Waals surface area contributed by atoms with Crippen molar-refractivity contribution in [1.29, 1.82) is 0 Å². The Bertz CT molecular complexity index is 929. The lowest BCUT2D eigenvalue weighted by molar-refractivity contribution is 0.0962. The monoisotopic (exact) mass is 328 g/mol. The predicted molar refractivity (Wildman–Crippen MR) is 91.2 cm³/mol. The van der Waals surface area contributed by atoms with Crippen LogP contribution >= 0.6 is 11.3 Å². The first-order valence-corrected chi connectivity index (χ1v) is 7.99. The lowest BCUT2D eigenvalue weighted by Gasteiger charge is -2.12. The SMILES string of the molecule is CNC(=O)c1cccc(NCc2cc(=O)n3ccsc3n2)c1C. The highest BCUT2D eigenvalue weighted by Gasteiger charge is 2.10. The molecule has 0 saturated heterocycles.